The number of rotatable bonds is 3. The summed E-state index contributed by atoms with van der Waals surface area (Å²) in [5.74, 6) is -1.66. The van der Waals surface area contributed by atoms with Gasteiger partial charge in [0.2, 0.25) is 0 Å². The fourth-order valence-corrected chi connectivity index (χ4v) is 4.07. The van der Waals surface area contributed by atoms with E-state index < -0.39 is 12.1 Å². The number of fused-ring (bicyclic) bond motifs is 1. The number of carboxylic acids is 1. The first-order valence-corrected chi connectivity index (χ1v) is 11.3. The number of amides is 1. The molecule has 0 bridgehead atoms. The Balaban J connectivity index is 0.000000429. The molecule has 0 atom stereocenters. The fourth-order valence-electron chi connectivity index (χ4n) is 4.07. The zero-order valence-electron chi connectivity index (χ0n) is 20.2. The molecular formula is C24H30F3N5O3. The van der Waals surface area contributed by atoms with Gasteiger partial charge in [-0.3, -0.25) is 4.79 Å². The van der Waals surface area contributed by atoms with Crippen LogP contribution in [0.3, 0.4) is 0 Å². The number of halogens is 3. The summed E-state index contributed by atoms with van der Waals surface area (Å²) >= 11 is 0. The molecule has 1 aliphatic heterocycles. The minimum atomic E-state index is -5.08. The summed E-state index contributed by atoms with van der Waals surface area (Å²) in [5, 5.41) is 7.12. The maximum Gasteiger partial charge on any atom is 0.490 e. The summed E-state index contributed by atoms with van der Waals surface area (Å²) in [7, 11) is 2.12. The van der Waals surface area contributed by atoms with Crippen molar-refractivity contribution in [3.63, 3.8) is 0 Å². The van der Waals surface area contributed by atoms with Gasteiger partial charge in [0.25, 0.3) is 5.91 Å². The molecule has 0 aromatic carbocycles. The quantitative estimate of drug-likeness (QED) is 0.594. The Labute approximate surface area is 201 Å². The largest absolute Gasteiger partial charge is 0.490 e. The fraction of sp³-hybridized carbons (Fsp3) is 0.458. The molecule has 8 nitrogen and oxygen atoms in total. The number of carboxylic acid groups (broad SMARTS) is 1. The normalized spacial score (nSPS) is 15.1. The molecule has 4 rings (SSSR count). The summed E-state index contributed by atoms with van der Waals surface area (Å²) in [4.78, 5) is 31.3. The number of aliphatic carboxylic acids is 1. The van der Waals surface area contributed by atoms with E-state index >= 15 is 0 Å². The van der Waals surface area contributed by atoms with E-state index in [0.29, 0.717) is 6.04 Å². The van der Waals surface area contributed by atoms with Crippen molar-refractivity contribution in [1.82, 2.24) is 23.8 Å². The Bertz CT molecular complexity index is 1200. The topological polar surface area (TPSA) is 83.1 Å². The maximum atomic E-state index is 13.4. The van der Waals surface area contributed by atoms with E-state index in [0.717, 1.165) is 60.9 Å². The van der Waals surface area contributed by atoms with Crippen LogP contribution in [-0.2, 0) is 4.79 Å². The Kier molecular flexibility index (Phi) is 7.89. The number of aromatic nitrogens is 3. The lowest BCUT2D eigenvalue weighted by Gasteiger charge is -2.20. The van der Waals surface area contributed by atoms with Crippen molar-refractivity contribution in [2.45, 2.75) is 39.4 Å². The van der Waals surface area contributed by atoms with Gasteiger partial charge in [0, 0.05) is 38.1 Å². The Morgan fingerprint density at radius 3 is 2.40 bits per heavy atom. The molecule has 3 aromatic heterocycles. The number of likely N-dealkylation sites (N-methyl/N-ethyl adjacent to an activating group) is 1. The molecule has 0 spiro atoms. The number of carbonyl (C=O) groups excluding carboxylic acids is 1. The van der Waals surface area contributed by atoms with Crippen LogP contribution in [0.4, 0.5) is 13.2 Å². The zero-order valence-corrected chi connectivity index (χ0v) is 20.2. The second-order valence-electron chi connectivity index (χ2n) is 8.83. The van der Waals surface area contributed by atoms with Crippen molar-refractivity contribution in [2.24, 2.45) is 0 Å². The van der Waals surface area contributed by atoms with Gasteiger partial charge in [0.05, 0.1) is 16.8 Å². The monoisotopic (exact) mass is 493 g/mol. The van der Waals surface area contributed by atoms with E-state index in [1.807, 2.05) is 42.3 Å². The maximum absolute atomic E-state index is 13.4. The molecule has 4 heterocycles. The second kappa shape index (κ2) is 10.5. The number of aryl methyl sites for hydroxylation is 1. The number of pyridine rings is 1. The van der Waals surface area contributed by atoms with Gasteiger partial charge in [0.1, 0.15) is 11.5 Å². The number of imidazole rings is 1. The van der Waals surface area contributed by atoms with Gasteiger partial charge < -0.3 is 23.9 Å². The highest BCUT2D eigenvalue weighted by molar-refractivity contribution is 6.02. The molecule has 1 amide bonds. The minimum absolute atomic E-state index is 0.116. The first-order chi connectivity index (χ1) is 16.4. The highest BCUT2D eigenvalue weighted by atomic mass is 19.4. The van der Waals surface area contributed by atoms with Crippen LogP contribution < -0.4 is 0 Å². The molecular weight excluding hydrogens is 463 g/mol. The number of hydrogen-bond acceptors (Lipinski definition) is 4. The summed E-state index contributed by atoms with van der Waals surface area (Å²) in [6, 6.07) is 8.37. The third kappa shape index (κ3) is 6.02. The summed E-state index contributed by atoms with van der Waals surface area (Å²) in [6.07, 6.45) is 0.0319. The van der Waals surface area contributed by atoms with Gasteiger partial charge in [-0.1, -0.05) is 6.07 Å². The van der Waals surface area contributed by atoms with Crippen LogP contribution in [0.1, 0.15) is 42.5 Å². The Morgan fingerprint density at radius 2 is 1.80 bits per heavy atom. The number of hydrogen-bond donors (Lipinski definition) is 1. The van der Waals surface area contributed by atoms with E-state index in [1.165, 1.54) is 0 Å². The minimum Gasteiger partial charge on any atom is -0.475 e. The molecule has 0 unspecified atom stereocenters. The Hall–Kier alpha value is -3.34. The molecule has 1 aliphatic rings. The molecule has 3 aromatic rings. The molecule has 0 radical (unpaired) electrons. The summed E-state index contributed by atoms with van der Waals surface area (Å²) in [6.45, 7) is 9.87. The average molecular weight is 494 g/mol. The lowest BCUT2D eigenvalue weighted by Crippen LogP contribution is -2.34. The van der Waals surface area contributed by atoms with Crippen LogP contribution in [0.25, 0.3) is 16.9 Å². The highest BCUT2D eigenvalue weighted by Gasteiger charge is 2.38. The van der Waals surface area contributed by atoms with Crippen molar-refractivity contribution < 1.29 is 27.9 Å². The van der Waals surface area contributed by atoms with Gasteiger partial charge in [-0.2, -0.15) is 13.2 Å². The third-order valence-corrected chi connectivity index (χ3v) is 5.89. The van der Waals surface area contributed by atoms with Crippen molar-refractivity contribution in [3.05, 3.63) is 48.0 Å². The Morgan fingerprint density at radius 1 is 1.11 bits per heavy atom. The van der Waals surface area contributed by atoms with Crippen LogP contribution in [-0.4, -0.2) is 80.1 Å². The lowest BCUT2D eigenvalue weighted by atomic mass is 10.2. The van der Waals surface area contributed by atoms with E-state index in [1.54, 1.807) is 0 Å². The third-order valence-electron chi connectivity index (χ3n) is 5.89. The van der Waals surface area contributed by atoms with Crippen molar-refractivity contribution in [1.29, 1.82) is 0 Å². The van der Waals surface area contributed by atoms with Gasteiger partial charge in [-0.05, 0) is 59.0 Å². The molecule has 0 aliphatic carbocycles. The smallest absolute Gasteiger partial charge is 0.475 e. The van der Waals surface area contributed by atoms with Crippen molar-refractivity contribution in [2.75, 3.05) is 33.2 Å². The molecule has 1 saturated heterocycles. The summed E-state index contributed by atoms with van der Waals surface area (Å²) in [5.41, 5.74) is 3.57. The van der Waals surface area contributed by atoms with Crippen molar-refractivity contribution >= 4 is 17.4 Å². The molecule has 35 heavy (non-hydrogen) atoms. The number of alkyl halides is 3. The average Bonchev–Trinajstić information content (AvgIpc) is 3.28. The van der Waals surface area contributed by atoms with E-state index in [2.05, 4.69) is 41.0 Å². The first-order valence-electron chi connectivity index (χ1n) is 11.3. The molecule has 1 N–H and O–H groups in total. The van der Waals surface area contributed by atoms with Gasteiger partial charge >= 0.3 is 12.1 Å². The van der Waals surface area contributed by atoms with Gasteiger partial charge in [-0.15, -0.1) is 0 Å². The molecule has 1 fully saturated rings. The van der Waals surface area contributed by atoms with Gasteiger partial charge in [0.15, 0.2) is 0 Å². The van der Waals surface area contributed by atoms with Gasteiger partial charge in [-0.25, -0.2) is 9.78 Å². The van der Waals surface area contributed by atoms with Crippen molar-refractivity contribution in [3.8, 4) is 11.4 Å². The molecule has 0 saturated carbocycles. The highest BCUT2D eigenvalue weighted by Crippen LogP contribution is 2.28. The second-order valence-corrected chi connectivity index (χ2v) is 8.83. The van der Waals surface area contributed by atoms with Crippen LogP contribution >= 0.6 is 0 Å². The number of nitrogens with zero attached hydrogens (tertiary/aromatic N) is 5. The predicted molar refractivity (Wildman–Crippen MR) is 125 cm³/mol. The lowest BCUT2D eigenvalue weighted by molar-refractivity contribution is -0.192. The van der Waals surface area contributed by atoms with Crippen LogP contribution in [0.5, 0.6) is 0 Å². The molecule has 190 valence electrons. The predicted octanol–water partition coefficient (Wildman–Crippen LogP) is 4.10. The SMILES string of the molecule is Cc1nc(-c2cc(C(=O)N3CCCN(C)CC3)c3ccccn23)cn1C(C)C.O=C(O)C(F)(F)F. The standard InChI is InChI=1S/C22H29N5O.C2HF3O2/c1-16(2)27-15-19(23-17(27)3)21-14-18(20-8-5-6-11-26(20)21)22(28)25-10-7-9-24(4)12-13-25;3-2(4,5)1(6)7/h5-6,8,11,14-16H,7,9-10,12-13H2,1-4H3;(H,6,7). The van der Waals surface area contributed by atoms with E-state index in [4.69, 9.17) is 14.9 Å². The van der Waals surface area contributed by atoms with E-state index in [9.17, 15) is 18.0 Å². The zero-order chi connectivity index (χ0) is 25.9. The van der Waals surface area contributed by atoms with E-state index in [-0.39, 0.29) is 5.91 Å². The molecule has 11 heteroatoms. The number of carbonyl (C=O) groups is 2. The van der Waals surface area contributed by atoms with Crippen LogP contribution in [0.15, 0.2) is 36.7 Å². The first kappa shape index (κ1) is 26.3. The summed E-state index contributed by atoms with van der Waals surface area (Å²) < 4.78 is 36.0. The van der Waals surface area contributed by atoms with Crippen LogP contribution in [0.2, 0.25) is 0 Å². The van der Waals surface area contributed by atoms with Crippen LogP contribution in [0, 0.1) is 6.92 Å².